The number of carbonyl (C=O) groups is 2. The first-order valence-corrected chi connectivity index (χ1v) is 10.1. The van der Waals surface area contributed by atoms with Gasteiger partial charge < -0.3 is 19.4 Å². The molecule has 0 aliphatic rings. The highest BCUT2D eigenvalue weighted by molar-refractivity contribution is 7.18. The summed E-state index contributed by atoms with van der Waals surface area (Å²) < 4.78 is 12.2. The normalized spacial score (nSPS) is 10.4. The number of ether oxygens (including phenoxy) is 2. The number of benzene rings is 1. The summed E-state index contributed by atoms with van der Waals surface area (Å²) in [5.74, 6) is -0.729. The quantitative estimate of drug-likeness (QED) is 0.552. The second kappa shape index (κ2) is 9.03. The molecule has 3 aromatic rings. The fraction of sp³-hybridized carbons (Fsp3) is 0.190. The van der Waals surface area contributed by atoms with Crippen LogP contribution < -0.4 is 10.1 Å². The Morgan fingerprint density at radius 3 is 2.60 bits per heavy atom. The Morgan fingerprint density at radius 1 is 1.30 bits per heavy atom. The summed E-state index contributed by atoms with van der Waals surface area (Å²) in [6.45, 7) is 3.55. The predicted octanol–water partition coefficient (Wildman–Crippen LogP) is 4.81. The molecule has 7 nitrogen and oxygen atoms in total. The third-order valence-corrected chi connectivity index (χ3v) is 5.83. The first-order chi connectivity index (χ1) is 14.4. The van der Waals surface area contributed by atoms with E-state index in [0.717, 1.165) is 11.3 Å². The Labute approximate surface area is 182 Å². The monoisotopic (exact) mass is 443 g/mol. The lowest BCUT2D eigenvalue weighted by Crippen LogP contribution is -2.13. The molecule has 0 saturated heterocycles. The zero-order valence-electron chi connectivity index (χ0n) is 16.5. The van der Waals surface area contributed by atoms with E-state index < -0.39 is 11.9 Å². The molecule has 0 spiro atoms. The van der Waals surface area contributed by atoms with Crippen LogP contribution in [0.3, 0.4) is 0 Å². The Kier molecular flexibility index (Phi) is 6.45. The number of nitriles is 1. The lowest BCUT2D eigenvalue weighted by molar-refractivity contribution is 0.0531. The van der Waals surface area contributed by atoms with Gasteiger partial charge in [-0.05, 0) is 37.6 Å². The van der Waals surface area contributed by atoms with Crippen LogP contribution in [0.25, 0.3) is 5.69 Å². The molecule has 0 bridgehead atoms. The number of amides is 1. The van der Waals surface area contributed by atoms with Gasteiger partial charge in [0.15, 0.2) is 0 Å². The molecule has 0 radical (unpaired) electrons. The van der Waals surface area contributed by atoms with Crippen LogP contribution in [0.2, 0.25) is 5.02 Å². The van der Waals surface area contributed by atoms with Gasteiger partial charge >= 0.3 is 5.97 Å². The molecule has 9 heteroatoms. The number of rotatable bonds is 6. The second-order valence-corrected chi connectivity index (χ2v) is 7.57. The number of aromatic nitrogens is 1. The van der Waals surface area contributed by atoms with Gasteiger partial charge in [0.1, 0.15) is 21.7 Å². The molecule has 154 valence electrons. The molecule has 0 unspecified atom stereocenters. The van der Waals surface area contributed by atoms with Crippen molar-refractivity contribution in [2.45, 2.75) is 13.8 Å². The summed E-state index contributed by atoms with van der Waals surface area (Å²) in [6, 6.07) is 8.90. The Hall–Kier alpha value is -3.28. The van der Waals surface area contributed by atoms with Crippen LogP contribution in [0.4, 0.5) is 5.00 Å². The molecule has 0 aliphatic carbocycles. The Balaban J connectivity index is 1.97. The molecule has 1 aromatic carbocycles. The Morgan fingerprint density at radius 2 is 2.00 bits per heavy atom. The molecule has 3 rings (SSSR count). The van der Waals surface area contributed by atoms with E-state index in [1.54, 1.807) is 24.5 Å². The van der Waals surface area contributed by atoms with Gasteiger partial charge in [0.05, 0.1) is 35.6 Å². The average molecular weight is 444 g/mol. The van der Waals surface area contributed by atoms with Crippen molar-refractivity contribution >= 4 is 39.8 Å². The second-order valence-electron chi connectivity index (χ2n) is 6.14. The van der Waals surface area contributed by atoms with Gasteiger partial charge in [-0.2, -0.15) is 5.26 Å². The van der Waals surface area contributed by atoms with Crippen LogP contribution in [0.15, 0.2) is 36.7 Å². The molecule has 2 aromatic heterocycles. The minimum atomic E-state index is -0.534. The first kappa shape index (κ1) is 21.4. The largest absolute Gasteiger partial charge is 0.496 e. The van der Waals surface area contributed by atoms with Crippen molar-refractivity contribution in [3.63, 3.8) is 0 Å². The highest BCUT2D eigenvalue weighted by Gasteiger charge is 2.24. The number of nitrogens with zero attached hydrogens (tertiary/aromatic N) is 2. The zero-order valence-corrected chi connectivity index (χ0v) is 18.1. The third kappa shape index (κ3) is 4.03. The summed E-state index contributed by atoms with van der Waals surface area (Å²) >= 11 is 7.39. The molecular formula is C21H18ClN3O4S. The van der Waals surface area contributed by atoms with Crippen LogP contribution in [0, 0.1) is 18.3 Å². The maximum Gasteiger partial charge on any atom is 0.348 e. The van der Waals surface area contributed by atoms with Gasteiger partial charge in [-0.15, -0.1) is 11.3 Å². The molecule has 2 heterocycles. The molecule has 1 amide bonds. The van der Waals surface area contributed by atoms with E-state index in [0.29, 0.717) is 22.0 Å². The van der Waals surface area contributed by atoms with Crippen LogP contribution in [-0.4, -0.2) is 30.2 Å². The highest BCUT2D eigenvalue weighted by atomic mass is 35.5. The fourth-order valence-electron chi connectivity index (χ4n) is 2.88. The van der Waals surface area contributed by atoms with E-state index in [1.165, 1.54) is 13.2 Å². The number of hydrogen-bond donors (Lipinski definition) is 1. The molecular weight excluding hydrogens is 426 g/mol. The van der Waals surface area contributed by atoms with Gasteiger partial charge in [-0.1, -0.05) is 11.6 Å². The van der Waals surface area contributed by atoms with Crippen molar-refractivity contribution in [1.82, 2.24) is 4.57 Å². The summed E-state index contributed by atoms with van der Waals surface area (Å²) in [5, 5.41) is 12.8. The number of methoxy groups -OCH3 is 1. The topological polar surface area (TPSA) is 93.3 Å². The number of halogens is 1. The number of nitrogens with one attached hydrogen (secondary N) is 1. The average Bonchev–Trinajstić information content (AvgIpc) is 3.36. The lowest BCUT2D eigenvalue weighted by atomic mass is 10.1. The molecule has 0 fully saturated rings. The first-order valence-electron chi connectivity index (χ1n) is 8.94. The Bertz CT molecular complexity index is 1150. The van der Waals surface area contributed by atoms with Crippen molar-refractivity contribution in [2.75, 3.05) is 19.0 Å². The minimum absolute atomic E-state index is 0.200. The smallest absolute Gasteiger partial charge is 0.348 e. The van der Waals surface area contributed by atoms with Gasteiger partial charge in [-0.3, -0.25) is 4.79 Å². The SMILES string of the molecule is CCOC(=O)c1sc(NC(=O)c2cc(Cl)c(-n3cccc3)cc2OC)c(C#N)c1C. The van der Waals surface area contributed by atoms with Crippen molar-refractivity contribution in [3.05, 3.63) is 63.2 Å². The van der Waals surface area contributed by atoms with Crippen molar-refractivity contribution in [1.29, 1.82) is 5.26 Å². The third-order valence-electron chi connectivity index (χ3n) is 4.34. The summed E-state index contributed by atoms with van der Waals surface area (Å²) in [7, 11) is 1.45. The van der Waals surface area contributed by atoms with Crippen molar-refractivity contribution in [3.8, 4) is 17.5 Å². The van der Waals surface area contributed by atoms with Crippen LogP contribution in [-0.2, 0) is 4.74 Å². The number of anilines is 1. The summed E-state index contributed by atoms with van der Waals surface area (Å²) in [6.07, 6.45) is 3.65. The van der Waals surface area contributed by atoms with Crippen LogP contribution >= 0.6 is 22.9 Å². The standard InChI is InChI=1S/C21H18ClN3O4S/c1-4-29-21(27)18-12(2)14(11-23)20(30-18)24-19(26)13-9-15(22)16(10-17(13)28-3)25-7-5-6-8-25/h5-10H,4H2,1-3H3,(H,24,26). The molecule has 0 aliphatic heterocycles. The molecule has 0 saturated carbocycles. The van der Waals surface area contributed by atoms with E-state index in [2.05, 4.69) is 5.32 Å². The van der Waals surface area contributed by atoms with E-state index in [9.17, 15) is 14.9 Å². The summed E-state index contributed by atoms with van der Waals surface area (Å²) in [4.78, 5) is 25.4. The zero-order chi connectivity index (χ0) is 21.8. The minimum Gasteiger partial charge on any atom is -0.496 e. The highest BCUT2D eigenvalue weighted by Crippen LogP contribution is 2.35. The van der Waals surface area contributed by atoms with E-state index in [1.807, 2.05) is 30.6 Å². The molecule has 1 N–H and O–H groups in total. The molecule has 0 atom stereocenters. The fourth-order valence-corrected chi connectivity index (χ4v) is 4.19. The van der Waals surface area contributed by atoms with Gasteiger partial charge in [-0.25, -0.2) is 4.79 Å². The number of carbonyl (C=O) groups excluding carboxylic acids is 2. The molecule has 30 heavy (non-hydrogen) atoms. The number of thiophene rings is 1. The van der Waals surface area contributed by atoms with E-state index in [-0.39, 0.29) is 27.6 Å². The van der Waals surface area contributed by atoms with Crippen LogP contribution in [0.5, 0.6) is 5.75 Å². The van der Waals surface area contributed by atoms with E-state index in [4.69, 9.17) is 21.1 Å². The maximum absolute atomic E-state index is 13.0. The van der Waals surface area contributed by atoms with Gasteiger partial charge in [0.2, 0.25) is 0 Å². The van der Waals surface area contributed by atoms with Crippen molar-refractivity contribution < 1.29 is 19.1 Å². The van der Waals surface area contributed by atoms with Gasteiger partial charge in [0, 0.05) is 18.5 Å². The van der Waals surface area contributed by atoms with E-state index >= 15 is 0 Å². The van der Waals surface area contributed by atoms with Crippen LogP contribution in [0.1, 0.15) is 38.1 Å². The summed E-state index contributed by atoms with van der Waals surface area (Å²) in [5.41, 5.74) is 1.53. The number of esters is 1. The van der Waals surface area contributed by atoms with Gasteiger partial charge in [0.25, 0.3) is 5.91 Å². The number of hydrogen-bond acceptors (Lipinski definition) is 6. The lowest BCUT2D eigenvalue weighted by Gasteiger charge is -2.13. The maximum atomic E-state index is 13.0. The van der Waals surface area contributed by atoms with Crippen molar-refractivity contribution in [2.24, 2.45) is 0 Å². The predicted molar refractivity (Wildman–Crippen MR) is 115 cm³/mol.